The van der Waals surface area contributed by atoms with E-state index in [9.17, 15) is 0 Å². The largest absolute Gasteiger partial charge is 0.455 e. The zero-order valence-corrected chi connectivity index (χ0v) is 9.87. The number of nitrogens with two attached hydrogens (primary N) is 1. The Bertz CT molecular complexity index is 565. The standard InChI is InChI=1S/C13H13N3O2/c1-9-4-2-3-5-12(9)18-10-6-7-11(15-8-10)13(14)16-17/h2-8,17H,1H3,(H2,14,16). The van der Waals surface area contributed by atoms with Gasteiger partial charge in [-0.3, -0.25) is 0 Å². The Morgan fingerprint density at radius 3 is 2.67 bits per heavy atom. The third-order valence-corrected chi connectivity index (χ3v) is 2.43. The van der Waals surface area contributed by atoms with Gasteiger partial charge in [-0.2, -0.15) is 0 Å². The molecule has 18 heavy (non-hydrogen) atoms. The molecule has 0 bridgehead atoms. The lowest BCUT2D eigenvalue weighted by Gasteiger charge is -2.08. The van der Waals surface area contributed by atoms with Crippen LogP contribution in [-0.4, -0.2) is 16.0 Å². The van der Waals surface area contributed by atoms with Crippen LogP contribution in [0, 0.1) is 6.92 Å². The van der Waals surface area contributed by atoms with Crippen molar-refractivity contribution in [2.75, 3.05) is 0 Å². The summed E-state index contributed by atoms with van der Waals surface area (Å²) in [4.78, 5) is 4.03. The predicted molar refractivity (Wildman–Crippen MR) is 68.0 cm³/mol. The summed E-state index contributed by atoms with van der Waals surface area (Å²) in [6.07, 6.45) is 1.53. The van der Waals surface area contributed by atoms with Gasteiger partial charge in [0.15, 0.2) is 5.84 Å². The van der Waals surface area contributed by atoms with Crippen molar-refractivity contribution in [2.24, 2.45) is 10.9 Å². The first-order valence-electron chi connectivity index (χ1n) is 5.38. The molecule has 0 unspecified atom stereocenters. The Labute approximate surface area is 105 Å². The Morgan fingerprint density at radius 2 is 2.06 bits per heavy atom. The quantitative estimate of drug-likeness (QED) is 0.375. The molecule has 1 aromatic heterocycles. The number of hydrogen-bond acceptors (Lipinski definition) is 4. The van der Waals surface area contributed by atoms with Gasteiger partial charge in [0.25, 0.3) is 0 Å². The van der Waals surface area contributed by atoms with Crippen molar-refractivity contribution in [1.82, 2.24) is 4.98 Å². The summed E-state index contributed by atoms with van der Waals surface area (Å²) in [7, 11) is 0. The van der Waals surface area contributed by atoms with Crippen molar-refractivity contribution in [3.05, 3.63) is 53.9 Å². The van der Waals surface area contributed by atoms with E-state index in [-0.39, 0.29) is 5.84 Å². The third-order valence-electron chi connectivity index (χ3n) is 2.43. The van der Waals surface area contributed by atoms with Crippen LogP contribution in [-0.2, 0) is 0 Å². The number of ether oxygens (including phenoxy) is 1. The van der Waals surface area contributed by atoms with Crippen LogP contribution in [0.5, 0.6) is 11.5 Å². The highest BCUT2D eigenvalue weighted by atomic mass is 16.5. The van der Waals surface area contributed by atoms with E-state index < -0.39 is 0 Å². The molecule has 0 radical (unpaired) electrons. The zero-order valence-electron chi connectivity index (χ0n) is 9.87. The molecule has 0 amide bonds. The first-order chi connectivity index (χ1) is 8.70. The molecule has 2 rings (SSSR count). The van der Waals surface area contributed by atoms with E-state index in [1.807, 2.05) is 31.2 Å². The fraction of sp³-hybridized carbons (Fsp3) is 0.0769. The van der Waals surface area contributed by atoms with E-state index in [1.165, 1.54) is 6.20 Å². The number of nitrogens with zero attached hydrogens (tertiary/aromatic N) is 2. The minimum absolute atomic E-state index is 0.0301. The fourth-order valence-corrected chi connectivity index (χ4v) is 1.44. The van der Waals surface area contributed by atoms with Gasteiger partial charge < -0.3 is 15.7 Å². The monoisotopic (exact) mass is 243 g/mol. The summed E-state index contributed by atoms with van der Waals surface area (Å²) >= 11 is 0. The van der Waals surface area contributed by atoms with Crippen LogP contribution >= 0.6 is 0 Å². The molecular weight excluding hydrogens is 230 g/mol. The van der Waals surface area contributed by atoms with Crippen molar-refractivity contribution in [3.8, 4) is 11.5 Å². The summed E-state index contributed by atoms with van der Waals surface area (Å²) in [5.74, 6) is 1.34. The van der Waals surface area contributed by atoms with E-state index in [1.54, 1.807) is 12.1 Å². The first kappa shape index (κ1) is 11.9. The molecule has 0 atom stereocenters. The Balaban J connectivity index is 2.19. The normalized spacial score (nSPS) is 11.3. The van der Waals surface area contributed by atoms with Gasteiger partial charge in [-0.05, 0) is 30.7 Å². The fourth-order valence-electron chi connectivity index (χ4n) is 1.44. The molecule has 1 aromatic carbocycles. The SMILES string of the molecule is Cc1ccccc1Oc1ccc(/C(N)=N/O)nc1. The molecule has 0 aliphatic rings. The average Bonchev–Trinajstić information content (AvgIpc) is 2.41. The molecule has 0 aliphatic carbocycles. The summed E-state index contributed by atoms with van der Waals surface area (Å²) in [5.41, 5.74) is 6.86. The summed E-state index contributed by atoms with van der Waals surface area (Å²) in [6.45, 7) is 1.97. The lowest BCUT2D eigenvalue weighted by Crippen LogP contribution is -2.14. The van der Waals surface area contributed by atoms with E-state index in [2.05, 4.69) is 10.1 Å². The number of hydrogen-bond donors (Lipinski definition) is 2. The Morgan fingerprint density at radius 1 is 1.28 bits per heavy atom. The molecule has 0 aliphatic heterocycles. The first-order valence-corrected chi connectivity index (χ1v) is 5.38. The van der Waals surface area contributed by atoms with Crippen LogP contribution in [0.1, 0.15) is 11.3 Å². The summed E-state index contributed by atoms with van der Waals surface area (Å²) < 4.78 is 5.67. The molecule has 92 valence electrons. The van der Waals surface area contributed by atoms with Gasteiger partial charge in [0.2, 0.25) is 0 Å². The van der Waals surface area contributed by atoms with Crippen molar-refractivity contribution < 1.29 is 9.94 Å². The maximum absolute atomic E-state index is 8.52. The van der Waals surface area contributed by atoms with Crippen molar-refractivity contribution in [2.45, 2.75) is 6.92 Å². The van der Waals surface area contributed by atoms with Crippen LogP contribution in [0.15, 0.2) is 47.8 Å². The molecule has 0 spiro atoms. The van der Waals surface area contributed by atoms with E-state index in [4.69, 9.17) is 15.7 Å². The molecule has 5 heteroatoms. The van der Waals surface area contributed by atoms with Gasteiger partial charge in [-0.1, -0.05) is 23.4 Å². The van der Waals surface area contributed by atoms with Crippen molar-refractivity contribution in [3.63, 3.8) is 0 Å². The van der Waals surface area contributed by atoms with Gasteiger partial charge in [0.1, 0.15) is 17.2 Å². The Hall–Kier alpha value is -2.56. The molecular formula is C13H13N3O2. The number of para-hydroxylation sites is 1. The summed E-state index contributed by atoms with van der Waals surface area (Å²) in [5, 5.41) is 11.4. The van der Waals surface area contributed by atoms with E-state index >= 15 is 0 Å². The van der Waals surface area contributed by atoms with Gasteiger partial charge in [-0.25, -0.2) is 4.98 Å². The second-order valence-electron chi connectivity index (χ2n) is 3.73. The van der Waals surface area contributed by atoms with Gasteiger partial charge in [0.05, 0.1) is 6.20 Å². The molecule has 3 N–H and O–H groups in total. The molecule has 0 fully saturated rings. The highest BCUT2D eigenvalue weighted by Crippen LogP contribution is 2.23. The highest BCUT2D eigenvalue weighted by Gasteiger charge is 2.03. The number of rotatable bonds is 3. The number of benzene rings is 1. The summed E-state index contributed by atoms with van der Waals surface area (Å²) in [6, 6.07) is 11.0. The maximum atomic E-state index is 8.52. The van der Waals surface area contributed by atoms with Crippen LogP contribution in [0.4, 0.5) is 0 Å². The van der Waals surface area contributed by atoms with Crippen LogP contribution in [0.3, 0.4) is 0 Å². The molecule has 0 saturated heterocycles. The maximum Gasteiger partial charge on any atom is 0.188 e. The number of amidine groups is 1. The minimum atomic E-state index is -0.0301. The number of aromatic nitrogens is 1. The van der Waals surface area contributed by atoms with Crippen molar-refractivity contribution >= 4 is 5.84 Å². The smallest absolute Gasteiger partial charge is 0.188 e. The van der Waals surface area contributed by atoms with Crippen LogP contribution in [0.25, 0.3) is 0 Å². The predicted octanol–water partition coefficient (Wildman–Crippen LogP) is 2.28. The lowest BCUT2D eigenvalue weighted by atomic mass is 10.2. The third kappa shape index (κ3) is 2.57. The van der Waals surface area contributed by atoms with Crippen LogP contribution in [0.2, 0.25) is 0 Å². The Kier molecular flexibility index (Phi) is 3.43. The van der Waals surface area contributed by atoms with E-state index in [0.29, 0.717) is 11.4 Å². The van der Waals surface area contributed by atoms with Gasteiger partial charge in [-0.15, -0.1) is 0 Å². The topological polar surface area (TPSA) is 80.7 Å². The van der Waals surface area contributed by atoms with Crippen LogP contribution < -0.4 is 10.5 Å². The minimum Gasteiger partial charge on any atom is -0.455 e. The molecule has 0 saturated carbocycles. The molecule has 5 nitrogen and oxygen atoms in total. The molecule has 2 aromatic rings. The number of pyridine rings is 1. The number of oxime groups is 1. The van der Waals surface area contributed by atoms with Gasteiger partial charge in [0, 0.05) is 0 Å². The highest BCUT2D eigenvalue weighted by molar-refractivity contribution is 5.95. The number of aryl methyl sites for hydroxylation is 1. The average molecular weight is 243 g/mol. The zero-order chi connectivity index (χ0) is 13.0. The lowest BCUT2D eigenvalue weighted by molar-refractivity contribution is 0.318. The molecule has 1 heterocycles. The second-order valence-corrected chi connectivity index (χ2v) is 3.73. The van der Waals surface area contributed by atoms with Crippen molar-refractivity contribution in [1.29, 1.82) is 0 Å². The van der Waals surface area contributed by atoms with E-state index in [0.717, 1.165) is 11.3 Å². The van der Waals surface area contributed by atoms with Gasteiger partial charge >= 0.3 is 0 Å². The second kappa shape index (κ2) is 5.18.